The number of hydrogen-bond donors (Lipinski definition) is 1. The predicted molar refractivity (Wildman–Crippen MR) is 93.7 cm³/mol. The summed E-state index contributed by atoms with van der Waals surface area (Å²) in [4.78, 5) is 36.0. The van der Waals surface area contributed by atoms with E-state index in [1.54, 1.807) is 29.2 Å². The molecule has 1 fully saturated rings. The third-order valence-electron chi connectivity index (χ3n) is 4.10. The molecule has 1 aliphatic rings. The number of non-ortho nitro benzene ring substituents is 1. The molecular formula is C18H17N3O4. The molecule has 0 radical (unpaired) electrons. The number of hydrogen-bond acceptors (Lipinski definition) is 4. The topological polar surface area (TPSA) is 92.6 Å². The molecule has 128 valence electrons. The summed E-state index contributed by atoms with van der Waals surface area (Å²) in [5.41, 5.74) is 1.68. The third kappa shape index (κ3) is 3.82. The summed E-state index contributed by atoms with van der Waals surface area (Å²) in [6.07, 6.45) is 2.49. The molecule has 0 unspecified atom stereocenters. The zero-order chi connectivity index (χ0) is 17.8. The lowest BCUT2D eigenvalue weighted by Gasteiger charge is -2.26. The van der Waals surface area contributed by atoms with E-state index in [9.17, 15) is 19.7 Å². The van der Waals surface area contributed by atoms with Crippen molar-refractivity contribution in [3.05, 3.63) is 64.2 Å². The Morgan fingerprint density at radius 1 is 1.04 bits per heavy atom. The van der Waals surface area contributed by atoms with Gasteiger partial charge in [-0.15, -0.1) is 0 Å². The Balaban J connectivity index is 1.67. The number of carbonyl (C=O) groups excluding carboxylic acids is 2. The van der Waals surface area contributed by atoms with Gasteiger partial charge in [-0.2, -0.15) is 0 Å². The molecule has 1 heterocycles. The molecule has 0 spiro atoms. The third-order valence-corrected chi connectivity index (χ3v) is 4.10. The Morgan fingerprint density at radius 2 is 1.72 bits per heavy atom. The molecule has 7 nitrogen and oxygen atoms in total. The number of rotatable bonds is 4. The second-order valence-corrected chi connectivity index (χ2v) is 5.81. The predicted octanol–water partition coefficient (Wildman–Crippen LogP) is 3.36. The molecule has 1 aliphatic heterocycles. The Hall–Kier alpha value is -3.22. The largest absolute Gasteiger partial charge is 0.322 e. The number of nitro groups is 1. The lowest BCUT2D eigenvalue weighted by atomic mass is 10.1. The minimum atomic E-state index is -0.512. The molecule has 1 saturated heterocycles. The first-order valence-electron chi connectivity index (χ1n) is 8.01. The maximum Gasteiger partial charge on any atom is 0.269 e. The molecule has 0 bridgehead atoms. The van der Waals surface area contributed by atoms with Gasteiger partial charge in [0.2, 0.25) is 5.91 Å². The molecule has 2 aromatic carbocycles. The molecule has 25 heavy (non-hydrogen) atoms. The van der Waals surface area contributed by atoms with Crippen molar-refractivity contribution in [3.8, 4) is 0 Å². The summed E-state index contributed by atoms with van der Waals surface area (Å²) < 4.78 is 0. The maximum absolute atomic E-state index is 12.2. The molecule has 2 aromatic rings. The van der Waals surface area contributed by atoms with Gasteiger partial charge < -0.3 is 10.2 Å². The summed E-state index contributed by atoms with van der Waals surface area (Å²) in [6, 6.07) is 12.5. The van der Waals surface area contributed by atoms with Crippen LogP contribution >= 0.6 is 0 Å². The fraction of sp³-hybridized carbons (Fsp3) is 0.222. The van der Waals surface area contributed by atoms with Crippen LogP contribution in [-0.2, 0) is 4.79 Å². The molecule has 0 saturated carbocycles. The highest BCUT2D eigenvalue weighted by atomic mass is 16.6. The standard InChI is InChI=1S/C18H17N3O4/c22-17-3-1-2-12-20(17)15-10-6-14(7-11-15)19-18(23)13-4-8-16(9-5-13)21(24)25/h4-11H,1-3,12H2,(H,19,23). The molecule has 7 heteroatoms. The molecule has 0 aromatic heterocycles. The fourth-order valence-corrected chi connectivity index (χ4v) is 2.74. The van der Waals surface area contributed by atoms with Gasteiger partial charge >= 0.3 is 0 Å². The number of nitrogens with one attached hydrogen (secondary N) is 1. The molecule has 0 atom stereocenters. The fourth-order valence-electron chi connectivity index (χ4n) is 2.74. The van der Waals surface area contributed by atoms with Crippen molar-refractivity contribution >= 4 is 28.9 Å². The van der Waals surface area contributed by atoms with Crippen LogP contribution in [0.4, 0.5) is 17.1 Å². The monoisotopic (exact) mass is 339 g/mol. The van der Waals surface area contributed by atoms with Crippen molar-refractivity contribution in [2.45, 2.75) is 19.3 Å². The first-order chi connectivity index (χ1) is 12.0. The summed E-state index contributed by atoms with van der Waals surface area (Å²) in [5.74, 6) is -0.231. The minimum absolute atomic E-state index is 0.0629. The number of anilines is 2. The van der Waals surface area contributed by atoms with E-state index in [0.717, 1.165) is 18.5 Å². The summed E-state index contributed by atoms with van der Waals surface area (Å²) in [6.45, 7) is 0.716. The van der Waals surface area contributed by atoms with E-state index in [2.05, 4.69) is 5.32 Å². The zero-order valence-corrected chi connectivity index (χ0v) is 13.5. The second-order valence-electron chi connectivity index (χ2n) is 5.81. The SMILES string of the molecule is O=C(Nc1ccc(N2CCCCC2=O)cc1)c1ccc([N+](=O)[O-])cc1. The van der Waals surface area contributed by atoms with Gasteiger partial charge in [0.15, 0.2) is 0 Å². The van der Waals surface area contributed by atoms with Crippen molar-refractivity contribution in [2.75, 3.05) is 16.8 Å². The molecular weight excluding hydrogens is 322 g/mol. The second kappa shape index (κ2) is 7.12. The van der Waals surface area contributed by atoms with Gasteiger partial charge in [-0.25, -0.2) is 0 Å². The zero-order valence-electron chi connectivity index (χ0n) is 13.5. The van der Waals surface area contributed by atoms with E-state index in [1.165, 1.54) is 24.3 Å². The van der Waals surface area contributed by atoms with E-state index < -0.39 is 4.92 Å². The van der Waals surface area contributed by atoms with Crippen molar-refractivity contribution < 1.29 is 14.5 Å². The number of piperidine rings is 1. The van der Waals surface area contributed by atoms with E-state index >= 15 is 0 Å². The van der Waals surface area contributed by atoms with Crippen LogP contribution in [0.15, 0.2) is 48.5 Å². The Labute approximate surface area is 144 Å². The van der Waals surface area contributed by atoms with Crippen molar-refractivity contribution in [1.82, 2.24) is 0 Å². The van der Waals surface area contributed by atoms with Crippen LogP contribution in [-0.4, -0.2) is 23.3 Å². The van der Waals surface area contributed by atoms with Crippen LogP contribution in [0.2, 0.25) is 0 Å². The van der Waals surface area contributed by atoms with Crippen LogP contribution < -0.4 is 10.2 Å². The quantitative estimate of drug-likeness (QED) is 0.683. The molecule has 3 rings (SSSR count). The van der Waals surface area contributed by atoms with E-state index in [0.29, 0.717) is 24.2 Å². The Bertz CT molecular complexity index is 800. The highest BCUT2D eigenvalue weighted by Gasteiger charge is 2.19. The van der Waals surface area contributed by atoms with Gasteiger partial charge in [0, 0.05) is 42.0 Å². The maximum atomic E-state index is 12.2. The number of nitrogens with zero attached hydrogens (tertiary/aromatic N) is 2. The van der Waals surface area contributed by atoms with Crippen LogP contribution in [0.3, 0.4) is 0 Å². The van der Waals surface area contributed by atoms with E-state index in [1.807, 2.05) is 0 Å². The lowest BCUT2D eigenvalue weighted by molar-refractivity contribution is -0.384. The van der Waals surface area contributed by atoms with Crippen molar-refractivity contribution in [2.24, 2.45) is 0 Å². The van der Waals surface area contributed by atoms with Gasteiger partial charge in [-0.3, -0.25) is 19.7 Å². The molecule has 2 amide bonds. The summed E-state index contributed by atoms with van der Waals surface area (Å²) in [5, 5.41) is 13.4. The minimum Gasteiger partial charge on any atom is -0.322 e. The van der Waals surface area contributed by atoms with Crippen molar-refractivity contribution in [1.29, 1.82) is 0 Å². The molecule has 1 N–H and O–H groups in total. The highest BCUT2D eigenvalue weighted by Crippen LogP contribution is 2.23. The van der Waals surface area contributed by atoms with E-state index in [-0.39, 0.29) is 17.5 Å². The Kier molecular flexibility index (Phi) is 4.74. The van der Waals surface area contributed by atoms with Gasteiger partial charge in [-0.1, -0.05) is 0 Å². The highest BCUT2D eigenvalue weighted by molar-refractivity contribution is 6.04. The van der Waals surface area contributed by atoms with E-state index in [4.69, 9.17) is 0 Å². The first kappa shape index (κ1) is 16.6. The number of benzene rings is 2. The van der Waals surface area contributed by atoms with Crippen molar-refractivity contribution in [3.63, 3.8) is 0 Å². The number of carbonyl (C=O) groups is 2. The van der Waals surface area contributed by atoms with Crippen LogP contribution in [0.1, 0.15) is 29.6 Å². The average molecular weight is 339 g/mol. The smallest absolute Gasteiger partial charge is 0.269 e. The number of amides is 2. The van der Waals surface area contributed by atoms with Gasteiger partial charge in [0.25, 0.3) is 11.6 Å². The first-order valence-corrected chi connectivity index (χ1v) is 8.01. The van der Waals surface area contributed by atoms with Crippen LogP contribution in [0.25, 0.3) is 0 Å². The van der Waals surface area contributed by atoms with Gasteiger partial charge in [-0.05, 0) is 49.2 Å². The van der Waals surface area contributed by atoms with Gasteiger partial charge in [0.1, 0.15) is 0 Å². The Morgan fingerprint density at radius 3 is 2.32 bits per heavy atom. The summed E-state index contributed by atoms with van der Waals surface area (Å²) >= 11 is 0. The lowest BCUT2D eigenvalue weighted by Crippen LogP contribution is -2.35. The van der Waals surface area contributed by atoms with Crippen LogP contribution in [0, 0.1) is 10.1 Å². The molecule has 0 aliphatic carbocycles. The number of nitro benzene ring substituents is 1. The summed E-state index contributed by atoms with van der Waals surface area (Å²) in [7, 11) is 0. The average Bonchev–Trinajstić information content (AvgIpc) is 2.63. The van der Waals surface area contributed by atoms with Gasteiger partial charge in [0.05, 0.1) is 4.92 Å². The normalized spacial score (nSPS) is 14.2. The van der Waals surface area contributed by atoms with Crippen LogP contribution in [0.5, 0.6) is 0 Å².